The van der Waals surface area contributed by atoms with Gasteiger partial charge in [0.25, 0.3) is 0 Å². The predicted molar refractivity (Wildman–Crippen MR) is 54.6 cm³/mol. The molecule has 1 rings (SSSR count). The molecule has 0 aliphatic rings. The second kappa shape index (κ2) is 4.42. The molecule has 0 amide bonds. The molecule has 0 spiro atoms. The summed E-state index contributed by atoms with van der Waals surface area (Å²) in [6, 6.07) is 0.516. The lowest BCUT2D eigenvalue weighted by atomic mass is 10.4. The van der Waals surface area contributed by atoms with Crippen LogP contribution in [0.5, 0.6) is 0 Å². The zero-order valence-corrected chi connectivity index (χ0v) is 8.96. The van der Waals surface area contributed by atoms with E-state index in [2.05, 4.69) is 42.6 Å². The van der Waals surface area contributed by atoms with Crippen LogP contribution in [-0.4, -0.2) is 15.6 Å². The van der Waals surface area contributed by atoms with Crippen LogP contribution in [0.3, 0.4) is 0 Å². The molecule has 0 radical (unpaired) electrons. The molecule has 1 aromatic heterocycles. The van der Waals surface area contributed by atoms with Crippen molar-refractivity contribution in [3.05, 3.63) is 17.7 Å². The van der Waals surface area contributed by atoms with E-state index in [0.717, 1.165) is 18.9 Å². The molecule has 1 aromatic rings. The highest BCUT2D eigenvalue weighted by atomic mass is 15.1. The first-order valence-corrected chi connectivity index (χ1v) is 4.89. The molecule has 0 aliphatic heterocycles. The number of aromatic nitrogens is 2. The number of hydrogen-bond donors (Lipinski definition) is 1. The number of aryl methyl sites for hydroxylation is 1. The molecular weight excluding hydrogens is 162 g/mol. The monoisotopic (exact) mass is 181 g/mol. The number of hydrogen-bond acceptors (Lipinski definition) is 2. The van der Waals surface area contributed by atoms with E-state index in [1.54, 1.807) is 0 Å². The first-order valence-electron chi connectivity index (χ1n) is 4.89. The van der Waals surface area contributed by atoms with E-state index in [1.165, 1.54) is 5.69 Å². The lowest BCUT2D eigenvalue weighted by molar-refractivity contribution is 0.548. The molecule has 0 saturated carbocycles. The van der Waals surface area contributed by atoms with Gasteiger partial charge in [0.1, 0.15) is 5.82 Å². The zero-order valence-electron chi connectivity index (χ0n) is 8.96. The Morgan fingerprint density at radius 2 is 2.23 bits per heavy atom. The summed E-state index contributed by atoms with van der Waals surface area (Å²) >= 11 is 0. The smallest absolute Gasteiger partial charge is 0.122 e. The quantitative estimate of drug-likeness (QED) is 0.766. The van der Waals surface area contributed by atoms with Crippen LogP contribution in [0.1, 0.15) is 32.3 Å². The lowest BCUT2D eigenvalue weighted by Crippen LogP contribution is -2.24. The average molecular weight is 181 g/mol. The fourth-order valence-corrected chi connectivity index (χ4v) is 1.38. The Morgan fingerprint density at radius 3 is 2.77 bits per heavy atom. The van der Waals surface area contributed by atoms with Crippen LogP contribution in [0.2, 0.25) is 0 Å². The first-order chi connectivity index (χ1) is 6.15. The van der Waals surface area contributed by atoms with E-state index in [4.69, 9.17) is 0 Å². The molecule has 3 heteroatoms. The Bertz CT molecular complexity index is 263. The molecule has 0 fully saturated rings. The molecule has 0 aromatic carbocycles. The molecule has 74 valence electrons. The van der Waals surface area contributed by atoms with Gasteiger partial charge in [-0.25, -0.2) is 4.98 Å². The van der Waals surface area contributed by atoms with Gasteiger partial charge in [0.2, 0.25) is 0 Å². The van der Waals surface area contributed by atoms with E-state index in [1.807, 2.05) is 6.20 Å². The predicted octanol–water partition coefficient (Wildman–Crippen LogP) is 1.71. The molecule has 0 bridgehead atoms. The van der Waals surface area contributed by atoms with Crippen molar-refractivity contribution in [1.82, 2.24) is 14.9 Å². The van der Waals surface area contributed by atoms with Gasteiger partial charge >= 0.3 is 0 Å². The van der Waals surface area contributed by atoms with Crippen LogP contribution in [0.15, 0.2) is 6.20 Å². The van der Waals surface area contributed by atoms with Crippen LogP contribution in [-0.2, 0) is 13.1 Å². The first kappa shape index (κ1) is 10.3. The summed E-state index contributed by atoms with van der Waals surface area (Å²) in [5.41, 5.74) is 1.24. The standard InChI is InChI=1S/C10H19N3/c1-5-13-9(4)6-12-10(13)7-11-8(2)3/h6,8,11H,5,7H2,1-4H3. The van der Waals surface area contributed by atoms with Gasteiger partial charge in [-0.05, 0) is 13.8 Å². The maximum absolute atomic E-state index is 4.36. The fourth-order valence-electron chi connectivity index (χ4n) is 1.38. The summed E-state index contributed by atoms with van der Waals surface area (Å²) in [4.78, 5) is 4.36. The topological polar surface area (TPSA) is 29.9 Å². The molecule has 0 unspecified atom stereocenters. The second-order valence-electron chi connectivity index (χ2n) is 3.60. The minimum Gasteiger partial charge on any atom is -0.332 e. The third-order valence-corrected chi connectivity index (χ3v) is 2.12. The number of nitrogens with zero attached hydrogens (tertiary/aromatic N) is 2. The van der Waals surface area contributed by atoms with Gasteiger partial charge in [0.05, 0.1) is 6.54 Å². The van der Waals surface area contributed by atoms with Gasteiger partial charge in [-0.15, -0.1) is 0 Å². The van der Waals surface area contributed by atoms with Gasteiger partial charge in [0, 0.05) is 24.5 Å². The van der Waals surface area contributed by atoms with Crippen molar-refractivity contribution in [2.45, 2.75) is 46.8 Å². The van der Waals surface area contributed by atoms with E-state index >= 15 is 0 Å². The van der Waals surface area contributed by atoms with Crippen LogP contribution < -0.4 is 5.32 Å². The van der Waals surface area contributed by atoms with Crippen molar-refractivity contribution in [2.75, 3.05) is 0 Å². The second-order valence-corrected chi connectivity index (χ2v) is 3.60. The van der Waals surface area contributed by atoms with Gasteiger partial charge in [0.15, 0.2) is 0 Å². The van der Waals surface area contributed by atoms with Crippen molar-refractivity contribution in [3.8, 4) is 0 Å². The van der Waals surface area contributed by atoms with E-state index in [0.29, 0.717) is 6.04 Å². The lowest BCUT2D eigenvalue weighted by Gasteiger charge is -2.10. The van der Waals surface area contributed by atoms with E-state index in [-0.39, 0.29) is 0 Å². The van der Waals surface area contributed by atoms with Crippen molar-refractivity contribution >= 4 is 0 Å². The van der Waals surface area contributed by atoms with Gasteiger partial charge in [-0.2, -0.15) is 0 Å². The highest BCUT2D eigenvalue weighted by Crippen LogP contribution is 2.03. The normalized spacial score (nSPS) is 11.2. The third kappa shape index (κ3) is 2.56. The maximum Gasteiger partial charge on any atom is 0.122 e. The Hall–Kier alpha value is -0.830. The van der Waals surface area contributed by atoms with Crippen LogP contribution in [0.25, 0.3) is 0 Å². The van der Waals surface area contributed by atoms with Crippen molar-refractivity contribution in [2.24, 2.45) is 0 Å². The van der Waals surface area contributed by atoms with E-state index in [9.17, 15) is 0 Å². The molecular formula is C10H19N3. The van der Waals surface area contributed by atoms with Crippen LogP contribution >= 0.6 is 0 Å². The van der Waals surface area contributed by atoms with Gasteiger partial charge in [-0.1, -0.05) is 13.8 Å². The number of rotatable bonds is 4. The van der Waals surface area contributed by atoms with E-state index < -0.39 is 0 Å². The van der Waals surface area contributed by atoms with Crippen molar-refractivity contribution in [1.29, 1.82) is 0 Å². The fraction of sp³-hybridized carbons (Fsp3) is 0.700. The Labute approximate surface area is 80.2 Å². The number of nitrogens with one attached hydrogen (secondary N) is 1. The minimum atomic E-state index is 0.516. The Balaban J connectivity index is 2.65. The molecule has 13 heavy (non-hydrogen) atoms. The molecule has 1 N–H and O–H groups in total. The van der Waals surface area contributed by atoms with Crippen molar-refractivity contribution in [3.63, 3.8) is 0 Å². The summed E-state index contributed by atoms with van der Waals surface area (Å²) in [6.45, 7) is 10.4. The Morgan fingerprint density at radius 1 is 1.54 bits per heavy atom. The number of imidazole rings is 1. The van der Waals surface area contributed by atoms with Crippen molar-refractivity contribution < 1.29 is 0 Å². The minimum absolute atomic E-state index is 0.516. The summed E-state index contributed by atoms with van der Waals surface area (Å²) in [5.74, 6) is 1.13. The third-order valence-electron chi connectivity index (χ3n) is 2.12. The summed E-state index contributed by atoms with van der Waals surface area (Å²) < 4.78 is 2.23. The molecule has 0 saturated heterocycles. The maximum atomic E-state index is 4.36. The summed E-state index contributed by atoms with van der Waals surface area (Å²) in [6.07, 6.45) is 1.93. The molecule has 1 heterocycles. The zero-order chi connectivity index (χ0) is 9.84. The van der Waals surface area contributed by atoms with Crippen LogP contribution in [0.4, 0.5) is 0 Å². The largest absolute Gasteiger partial charge is 0.332 e. The average Bonchev–Trinajstić information content (AvgIpc) is 2.42. The Kier molecular flexibility index (Phi) is 3.48. The SMILES string of the molecule is CCn1c(C)cnc1CNC(C)C. The molecule has 0 atom stereocenters. The highest BCUT2D eigenvalue weighted by molar-refractivity contribution is 5.03. The van der Waals surface area contributed by atoms with Gasteiger partial charge < -0.3 is 9.88 Å². The summed E-state index contributed by atoms with van der Waals surface area (Å²) in [5, 5.41) is 3.37. The summed E-state index contributed by atoms with van der Waals surface area (Å²) in [7, 11) is 0. The molecule has 0 aliphatic carbocycles. The molecule has 3 nitrogen and oxygen atoms in total. The van der Waals surface area contributed by atoms with Gasteiger partial charge in [-0.3, -0.25) is 0 Å². The van der Waals surface area contributed by atoms with Crippen LogP contribution in [0, 0.1) is 6.92 Å². The highest BCUT2D eigenvalue weighted by Gasteiger charge is 2.04.